The number of nitrogens with zero attached hydrogens (tertiary/aromatic N) is 4. The molecule has 2 aliphatic rings. The standard InChI is InChI=1S/C26H32F5N7O3/c1-3-17(37-14-19(26(29,30)31)34-24(37)41)16-7-11-32-20(13-16)35-23(40)21(15-5-9-25(27,28)10-6-15)36-22(39)18-8-12-33-38(18)4-2/h7-8,11-13,15,17,19,21H,3-6,9-10,14H2,1-2H3,(H,34,41)(H,36,39)(H,32,35,40)/t17-,19+,21+/m1/s1. The first-order valence-corrected chi connectivity index (χ1v) is 13.4. The van der Waals surface area contributed by atoms with Crippen molar-refractivity contribution >= 4 is 23.7 Å². The molecule has 2 aromatic rings. The van der Waals surface area contributed by atoms with Crippen molar-refractivity contribution in [3.8, 4) is 0 Å². The lowest BCUT2D eigenvalue weighted by Gasteiger charge is -2.33. The van der Waals surface area contributed by atoms with Gasteiger partial charge in [-0.2, -0.15) is 18.3 Å². The summed E-state index contributed by atoms with van der Waals surface area (Å²) in [6.07, 6.45) is -2.36. The fourth-order valence-electron chi connectivity index (χ4n) is 5.36. The number of urea groups is 1. The summed E-state index contributed by atoms with van der Waals surface area (Å²) in [5, 5.41) is 11.3. The van der Waals surface area contributed by atoms with Gasteiger partial charge >= 0.3 is 12.2 Å². The van der Waals surface area contributed by atoms with Crippen LogP contribution in [0.25, 0.3) is 0 Å². The number of aryl methyl sites for hydroxylation is 1. The number of amides is 4. The molecular weight excluding hydrogens is 553 g/mol. The topological polar surface area (TPSA) is 121 Å². The van der Waals surface area contributed by atoms with Gasteiger partial charge in [0.2, 0.25) is 11.8 Å². The summed E-state index contributed by atoms with van der Waals surface area (Å²) in [6.45, 7) is 3.33. The van der Waals surface area contributed by atoms with Crippen LogP contribution in [0.2, 0.25) is 0 Å². The summed E-state index contributed by atoms with van der Waals surface area (Å²) in [5.41, 5.74) is 0.652. The van der Waals surface area contributed by atoms with Crippen molar-refractivity contribution in [2.45, 2.75) is 82.7 Å². The molecule has 3 atom stereocenters. The van der Waals surface area contributed by atoms with E-state index in [4.69, 9.17) is 0 Å². The van der Waals surface area contributed by atoms with Crippen LogP contribution >= 0.6 is 0 Å². The highest BCUT2D eigenvalue weighted by Gasteiger charge is 2.48. The molecule has 15 heteroatoms. The molecule has 1 aliphatic heterocycles. The van der Waals surface area contributed by atoms with Crippen LogP contribution in [0.3, 0.4) is 0 Å². The average molecular weight is 586 g/mol. The van der Waals surface area contributed by atoms with Crippen LogP contribution in [0.4, 0.5) is 32.6 Å². The van der Waals surface area contributed by atoms with Crippen molar-refractivity contribution in [2.75, 3.05) is 11.9 Å². The Balaban J connectivity index is 1.53. The van der Waals surface area contributed by atoms with Crippen LogP contribution in [0.1, 0.15) is 68.0 Å². The Morgan fingerprint density at radius 3 is 2.49 bits per heavy atom. The van der Waals surface area contributed by atoms with Gasteiger partial charge in [0.25, 0.3) is 5.91 Å². The van der Waals surface area contributed by atoms with Crippen LogP contribution in [0.15, 0.2) is 30.6 Å². The second kappa shape index (κ2) is 12.0. The fraction of sp³-hybridized carbons (Fsp3) is 0.577. The van der Waals surface area contributed by atoms with Gasteiger partial charge in [0, 0.05) is 31.8 Å². The average Bonchev–Trinajstić information content (AvgIpc) is 3.55. The smallest absolute Gasteiger partial charge is 0.339 e. The van der Waals surface area contributed by atoms with E-state index >= 15 is 0 Å². The minimum atomic E-state index is -4.60. The highest BCUT2D eigenvalue weighted by Crippen LogP contribution is 2.38. The van der Waals surface area contributed by atoms with Crippen LogP contribution in [-0.4, -0.2) is 68.2 Å². The van der Waals surface area contributed by atoms with E-state index in [1.807, 2.05) is 5.32 Å². The molecule has 0 bridgehead atoms. The number of anilines is 1. The van der Waals surface area contributed by atoms with Crippen LogP contribution in [0.5, 0.6) is 0 Å². The van der Waals surface area contributed by atoms with Crippen molar-refractivity contribution in [3.05, 3.63) is 41.9 Å². The maximum absolute atomic E-state index is 13.9. The molecule has 4 rings (SSSR count). The number of hydrogen-bond acceptors (Lipinski definition) is 5. The van der Waals surface area contributed by atoms with Crippen molar-refractivity contribution in [1.29, 1.82) is 0 Å². The molecule has 1 saturated carbocycles. The van der Waals surface area contributed by atoms with Gasteiger partial charge < -0.3 is 20.9 Å². The first-order valence-electron chi connectivity index (χ1n) is 13.4. The number of nitrogens with one attached hydrogen (secondary N) is 3. The molecule has 0 radical (unpaired) electrons. The lowest BCUT2D eigenvalue weighted by atomic mass is 9.81. The predicted molar refractivity (Wildman–Crippen MR) is 137 cm³/mol. The SMILES string of the molecule is CC[C@H](c1ccnc(NC(=O)[C@@H](NC(=O)c2ccnn2CC)C2CCC(F)(F)CC2)c1)N1C[C@@H](C(F)(F)F)NC1=O. The summed E-state index contributed by atoms with van der Waals surface area (Å²) >= 11 is 0. The number of pyridine rings is 1. The molecule has 41 heavy (non-hydrogen) atoms. The van der Waals surface area contributed by atoms with E-state index in [0.717, 1.165) is 4.90 Å². The largest absolute Gasteiger partial charge is 0.410 e. The second-order valence-corrected chi connectivity index (χ2v) is 10.3. The zero-order valence-electron chi connectivity index (χ0n) is 22.5. The van der Waals surface area contributed by atoms with Gasteiger partial charge in [-0.15, -0.1) is 0 Å². The molecule has 3 heterocycles. The van der Waals surface area contributed by atoms with E-state index in [0.29, 0.717) is 12.1 Å². The molecular formula is C26H32F5N7O3. The van der Waals surface area contributed by atoms with E-state index < -0.39 is 73.4 Å². The molecule has 0 spiro atoms. The highest BCUT2D eigenvalue weighted by atomic mass is 19.4. The van der Waals surface area contributed by atoms with E-state index in [1.54, 1.807) is 13.8 Å². The monoisotopic (exact) mass is 585 g/mol. The second-order valence-electron chi connectivity index (χ2n) is 10.3. The summed E-state index contributed by atoms with van der Waals surface area (Å²) in [7, 11) is 0. The maximum Gasteiger partial charge on any atom is 0.410 e. The Labute approximate surface area is 233 Å². The van der Waals surface area contributed by atoms with Crippen LogP contribution in [0, 0.1) is 5.92 Å². The van der Waals surface area contributed by atoms with E-state index in [2.05, 4.69) is 20.7 Å². The molecule has 224 valence electrons. The number of halogens is 5. The third-order valence-corrected chi connectivity index (χ3v) is 7.57. The van der Waals surface area contributed by atoms with Gasteiger partial charge in [0.15, 0.2) is 0 Å². The molecule has 3 N–H and O–H groups in total. The lowest BCUT2D eigenvalue weighted by Crippen LogP contribution is -2.50. The number of alkyl halides is 5. The normalized spacial score (nSPS) is 20.8. The molecule has 2 aromatic heterocycles. The molecule has 1 aliphatic carbocycles. The highest BCUT2D eigenvalue weighted by molar-refractivity contribution is 6.00. The molecule has 0 unspecified atom stereocenters. The van der Waals surface area contributed by atoms with Gasteiger partial charge in [-0.25, -0.2) is 18.6 Å². The van der Waals surface area contributed by atoms with Crippen molar-refractivity contribution in [2.24, 2.45) is 5.92 Å². The zero-order valence-corrected chi connectivity index (χ0v) is 22.5. The van der Waals surface area contributed by atoms with Crippen molar-refractivity contribution in [1.82, 2.24) is 30.3 Å². The minimum absolute atomic E-state index is 0.00816. The van der Waals surface area contributed by atoms with Crippen LogP contribution in [-0.2, 0) is 11.3 Å². The lowest BCUT2D eigenvalue weighted by molar-refractivity contribution is -0.150. The Kier molecular flexibility index (Phi) is 8.83. The Morgan fingerprint density at radius 2 is 1.88 bits per heavy atom. The van der Waals surface area contributed by atoms with Gasteiger partial charge in [-0.1, -0.05) is 6.92 Å². The van der Waals surface area contributed by atoms with E-state index in [-0.39, 0.29) is 30.8 Å². The number of carbonyl (C=O) groups excluding carboxylic acids is 3. The third kappa shape index (κ3) is 6.93. The summed E-state index contributed by atoms with van der Waals surface area (Å²) in [4.78, 5) is 44.1. The van der Waals surface area contributed by atoms with Gasteiger partial charge in [-0.05, 0) is 55.9 Å². The molecule has 4 amide bonds. The van der Waals surface area contributed by atoms with Gasteiger partial charge in [-0.3, -0.25) is 14.3 Å². The van der Waals surface area contributed by atoms with Crippen molar-refractivity contribution in [3.63, 3.8) is 0 Å². The molecule has 2 fully saturated rings. The van der Waals surface area contributed by atoms with Gasteiger partial charge in [0.1, 0.15) is 23.6 Å². The summed E-state index contributed by atoms with van der Waals surface area (Å²) in [5.74, 6) is -4.65. The summed E-state index contributed by atoms with van der Waals surface area (Å²) < 4.78 is 68.8. The minimum Gasteiger partial charge on any atom is -0.339 e. The molecule has 1 saturated heterocycles. The number of hydrogen-bond donors (Lipinski definition) is 3. The molecule has 0 aromatic carbocycles. The van der Waals surface area contributed by atoms with E-state index in [1.165, 1.54) is 35.3 Å². The van der Waals surface area contributed by atoms with Crippen LogP contribution < -0.4 is 16.0 Å². The Bertz CT molecular complexity index is 1260. The maximum atomic E-state index is 13.9. The van der Waals surface area contributed by atoms with E-state index in [9.17, 15) is 36.3 Å². The van der Waals surface area contributed by atoms with Crippen molar-refractivity contribution < 1.29 is 36.3 Å². The summed E-state index contributed by atoms with van der Waals surface area (Å²) in [6, 6.07) is -0.288. The Hall–Kier alpha value is -3.78. The van der Waals surface area contributed by atoms with Gasteiger partial charge in [0.05, 0.1) is 12.6 Å². The number of rotatable bonds is 9. The first kappa shape index (κ1) is 30.2. The predicted octanol–water partition coefficient (Wildman–Crippen LogP) is 4.27. The Morgan fingerprint density at radius 1 is 1.17 bits per heavy atom. The molecule has 10 nitrogen and oxygen atoms in total. The quantitative estimate of drug-likeness (QED) is 0.380. The number of aromatic nitrogens is 3. The fourth-order valence-corrected chi connectivity index (χ4v) is 5.36. The number of carbonyl (C=O) groups is 3. The first-order chi connectivity index (χ1) is 19.3. The third-order valence-electron chi connectivity index (χ3n) is 7.57. The zero-order chi connectivity index (χ0) is 29.9.